The van der Waals surface area contributed by atoms with Crippen LogP contribution >= 0.6 is 12.6 Å². The summed E-state index contributed by atoms with van der Waals surface area (Å²) in [6.45, 7) is 2.09. The molecule has 1 aliphatic rings. The summed E-state index contributed by atoms with van der Waals surface area (Å²) in [6.07, 6.45) is 3.14. The van der Waals surface area contributed by atoms with Gasteiger partial charge in [0.25, 0.3) is 11.8 Å². The predicted octanol–water partition coefficient (Wildman–Crippen LogP) is 1.32. The van der Waals surface area contributed by atoms with Gasteiger partial charge in [-0.1, -0.05) is 32.6 Å². The molecular formula is C12H19NO5S. The highest BCUT2D eigenvalue weighted by Crippen LogP contribution is 2.17. The third-order valence-electron chi connectivity index (χ3n) is 2.94. The van der Waals surface area contributed by atoms with Crippen molar-refractivity contribution in [3.8, 4) is 0 Å². The molecule has 1 fully saturated rings. The number of carbonyl (C=O) groups excluding carboxylic acids is 3. The van der Waals surface area contributed by atoms with Crippen molar-refractivity contribution in [2.24, 2.45) is 0 Å². The fraction of sp³-hybridized carbons (Fsp3) is 0.750. The molecule has 1 aliphatic heterocycles. The summed E-state index contributed by atoms with van der Waals surface area (Å²) in [7, 11) is 0. The largest absolute Gasteiger partial charge is 0.451 e. The van der Waals surface area contributed by atoms with E-state index in [0.29, 0.717) is 6.42 Å². The van der Waals surface area contributed by atoms with Gasteiger partial charge in [-0.25, -0.2) is 0 Å². The molecule has 0 aliphatic carbocycles. The fourth-order valence-corrected chi connectivity index (χ4v) is 2.03. The van der Waals surface area contributed by atoms with Gasteiger partial charge in [0, 0.05) is 0 Å². The number of ether oxygens (including phenoxy) is 1. The quantitative estimate of drug-likeness (QED) is 0.243. The summed E-state index contributed by atoms with van der Waals surface area (Å²) >= 11 is 4.13. The molecule has 2 atom stereocenters. The van der Waals surface area contributed by atoms with E-state index in [9.17, 15) is 14.4 Å². The number of esters is 1. The molecule has 0 radical (unpaired) electrons. The van der Waals surface area contributed by atoms with E-state index in [-0.39, 0.29) is 11.5 Å². The molecule has 1 heterocycles. The minimum atomic E-state index is -1.21. The third kappa shape index (κ3) is 4.50. The molecular weight excluding hydrogens is 270 g/mol. The van der Waals surface area contributed by atoms with Gasteiger partial charge in [-0.2, -0.15) is 17.7 Å². The Hall–Kier alpha value is -1.08. The molecule has 1 saturated heterocycles. The maximum atomic E-state index is 11.7. The van der Waals surface area contributed by atoms with Crippen molar-refractivity contribution >= 4 is 30.4 Å². The highest BCUT2D eigenvalue weighted by molar-refractivity contribution is 7.81. The Balaban J connectivity index is 2.34. The van der Waals surface area contributed by atoms with Crippen molar-refractivity contribution in [3.05, 3.63) is 0 Å². The summed E-state index contributed by atoms with van der Waals surface area (Å²) in [5, 5.41) is 8.40. The van der Waals surface area contributed by atoms with Crippen LogP contribution in [0.5, 0.6) is 0 Å². The van der Waals surface area contributed by atoms with Crippen LogP contribution in [0, 0.1) is 0 Å². The standard InChI is InChI=1S/C12H19NO5S/c1-2-3-4-5-6-9(19)12(16)18-8-7-10(14)13(17)11(8)15/h8-9,17,19H,2-7H2,1H3. The van der Waals surface area contributed by atoms with Crippen LogP contribution in [-0.2, 0) is 19.1 Å². The topological polar surface area (TPSA) is 83.9 Å². The van der Waals surface area contributed by atoms with E-state index >= 15 is 0 Å². The number of thiol groups is 1. The van der Waals surface area contributed by atoms with Gasteiger partial charge in [0.05, 0.1) is 11.7 Å². The molecule has 108 valence electrons. The van der Waals surface area contributed by atoms with Gasteiger partial charge in [0.2, 0.25) is 0 Å². The number of carbonyl (C=O) groups is 3. The maximum absolute atomic E-state index is 11.7. The number of hydrogen-bond acceptors (Lipinski definition) is 6. The summed E-state index contributed by atoms with van der Waals surface area (Å²) < 4.78 is 4.90. The van der Waals surface area contributed by atoms with Crippen molar-refractivity contribution < 1.29 is 24.3 Å². The Kier molecular flexibility index (Phi) is 6.30. The number of imide groups is 1. The molecule has 2 amide bonds. The molecule has 0 spiro atoms. The molecule has 6 nitrogen and oxygen atoms in total. The summed E-state index contributed by atoms with van der Waals surface area (Å²) in [4.78, 5) is 34.0. The van der Waals surface area contributed by atoms with Crippen LogP contribution in [0.4, 0.5) is 0 Å². The first-order chi connectivity index (χ1) is 8.97. The van der Waals surface area contributed by atoms with E-state index in [2.05, 4.69) is 19.6 Å². The number of nitrogens with zero attached hydrogens (tertiary/aromatic N) is 1. The van der Waals surface area contributed by atoms with Gasteiger partial charge in [0.1, 0.15) is 0 Å². The molecule has 0 aromatic heterocycles. The SMILES string of the molecule is CCCCCCC(S)C(=O)OC1CC(=O)N(O)C1=O. The predicted molar refractivity (Wildman–Crippen MR) is 69.7 cm³/mol. The minimum Gasteiger partial charge on any atom is -0.451 e. The van der Waals surface area contributed by atoms with Gasteiger partial charge >= 0.3 is 5.97 Å². The van der Waals surface area contributed by atoms with E-state index in [0.717, 1.165) is 25.7 Å². The lowest BCUT2D eigenvalue weighted by atomic mass is 10.1. The molecule has 0 bridgehead atoms. The molecule has 1 N–H and O–H groups in total. The second kappa shape index (κ2) is 7.49. The lowest BCUT2D eigenvalue weighted by Crippen LogP contribution is -2.32. The van der Waals surface area contributed by atoms with Gasteiger partial charge in [0.15, 0.2) is 6.10 Å². The lowest BCUT2D eigenvalue weighted by Gasteiger charge is -2.13. The summed E-state index contributed by atoms with van der Waals surface area (Å²) in [6, 6.07) is 0. The van der Waals surface area contributed by atoms with E-state index in [1.807, 2.05) is 0 Å². The van der Waals surface area contributed by atoms with Crippen LogP contribution in [0.15, 0.2) is 0 Å². The second-order valence-corrected chi connectivity index (χ2v) is 5.16. The third-order valence-corrected chi connectivity index (χ3v) is 3.41. The normalized spacial score (nSPS) is 20.8. The average Bonchev–Trinajstić information content (AvgIpc) is 2.62. The Bertz CT molecular complexity index is 360. The number of amides is 2. The second-order valence-electron chi connectivity index (χ2n) is 4.54. The Labute approximate surface area is 117 Å². The van der Waals surface area contributed by atoms with Crippen LogP contribution in [-0.4, -0.2) is 39.4 Å². The van der Waals surface area contributed by atoms with Gasteiger partial charge in [-0.3, -0.25) is 19.6 Å². The van der Waals surface area contributed by atoms with Crippen LogP contribution < -0.4 is 0 Å². The molecule has 2 unspecified atom stereocenters. The van der Waals surface area contributed by atoms with E-state index in [1.54, 1.807) is 0 Å². The van der Waals surface area contributed by atoms with Gasteiger partial charge in [-0.15, -0.1) is 0 Å². The zero-order valence-electron chi connectivity index (χ0n) is 10.9. The summed E-state index contributed by atoms with van der Waals surface area (Å²) in [5.41, 5.74) is 0. The Morgan fingerprint density at radius 3 is 2.68 bits per heavy atom. The van der Waals surface area contributed by atoms with Crippen LogP contribution in [0.3, 0.4) is 0 Å². The molecule has 7 heteroatoms. The van der Waals surface area contributed by atoms with Crippen LogP contribution in [0.1, 0.15) is 45.4 Å². The zero-order valence-corrected chi connectivity index (χ0v) is 11.8. The maximum Gasteiger partial charge on any atom is 0.319 e. The average molecular weight is 289 g/mol. The lowest BCUT2D eigenvalue weighted by molar-refractivity contribution is -0.176. The molecule has 0 aromatic carbocycles. The van der Waals surface area contributed by atoms with Crippen LogP contribution in [0.25, 0.3) is 0 Å². The smallest absolute Gasteiger partial charge is 0.319 e. The van der Waals surface area contributed by atoms with E-state index < -0.39 is 29.1 Å². The van der Waals surface area contributed by atoms with Crippen molar-refractivity contribution in [2.75, 3.05) is 0 Å². The van der Waals surface area contributed by atoms with Crippen LogP contribution in [0.2, 0.25) is 0 Å². The number of rotatable bonds is 7. The highest BCUT2D eigenvalue weighted by atomic mass is 32.1. The van der Waals surface area contributed by atoms with Crippen molar-refractivity contribution in [3.63, 3.8) is 0 Å². The zero-order chi connectivity index (χ0) is 14.4. The fourth-order valence-electron chi connectivity index (χ4n) is 1.78. The van der Waals surface area contributed by atoms with Crippen molar-refractivity contribution in [1.29, 1.82) is 0 Å². The van der Waals surface area contributed by atoms with E-state index in [1.165, 1.54) is 0 Å². The first kappa shape index (κ1) is 16.0. The summed E-state index contributed by atoms with van der Waals surface area (Å²) in [5.74, 6) is -2.28. The van der Waals surface area contributed by atoms with E-state index in [4.69, 9.17) is 9.94 Å². The first-order valence-corrected chi connectivity index (χ1v) is 6.93. The monoisotopic (exact) mass is 289 g/mol. The highest BCUT2D eigenvalue weighted by Gasteiger charge is 2.41. The molecule has 19 heavy (non-hydrogen) atoms. The minimum absolute atomic E-state index is 0.00722. The molecule has 1 rings (SSSR count). The van der Waals surface area contributed by atoms with Crippen molar-refractivity contribution in [2.45, 2.75) is 56.8 Å². The number of unbranched alkanes of at least 4 members (excludes halogenated alkanes) is 3. The van der Waals surface area contributed by atoms with Gasteiger partial charge < -0.3 is 4.74 Å². The Morgan fingerprint density at radius 1 is 1.47 bits per heavy atom. The Morgan fingerprint density at radius 2 is 2.16 bits per heavy atom. The molecule has 0 saturated carbocycles. The van der Waals surface area contributed by atoms with Gasteiger partial charge in [-0.05, 0) is 6.42 Å². The first-order valence-electron chi connectivity index (χ1n) is 6.41. The number of hydrogen-bond donors (Lipinski definition) is 2. The number of hydroxylamine groups is 2. The molecule has 0 aromatic rings. The van der Waals surface area contributed by atoms with Crippen molar-refractivity contribution in [1.82, 2.24) is 5.06 Å².